The second-order valence-corrected chi connectivity index (χ2v) is 13.4. The zero-order valence-corrected chi connectivity index (χ0v) is 28.0. The van der Waals surface area contributed by atoms with E-state index in [1.807, 2.05) is 84.6 Å². The maximum absolute atomic E-state index is 14.6. The van der Waals surface area contributed by atoms with Crippen LogP contribution in [0.25, 0.3) is 16.7 Å². The minimum absolute atomic E-state index is 0.154. The van der Waals surface area contributed by atoms with Gasteiger partial charge in [0.15, 0.2) is 5.65 Å². The van der Waals surface area contributed by atoms with Gasteiger partial charge in [-0.25, -0.2) is 14.8 Å². The highest BCUT2D eigenvalue weighted by molar-refractivity contribution is 7.84. The molecule has 11 nitrogen and oxygen atoms in total. The molecular formula is C36H37N7O4S. The van der Waals surface area contributed by atoms with Gasteiger partial charge in [-0.1, -0.05) is 42.5 Å². The van der Waals surface area contributed by atoms with E-state index in [0.717, 1.165) is 48.7 Å². The third-order valence-corrected chi connectivity index (χ3v) is 9.69. The van der Waals surface area contributed by atoms with Crippen LogP contribution in [0, 0.1) is 6.92 Å². The van der Waals surface area contributed by atoms with Crippen LogP contribution < -0.4 is 20.3 Å². The Kier molecular flexibility index (Phi) is 8.67. The van der Waals surface area contributed by atoms with Gasteiger partial charge >= 0.3 is 6.09 Å². The Morgan fingerprint density at radius 1 is 0.875 bits per heavy atom. The predicted octanol–water partition coefficient (Wildman–Crippen LogP) is 4.87. The van der Waals surface area contributed by atoms with Crippen molar-refractivity contribution in [2.75, 3.05) is 67.3 Å². The van der Waals surface area contributed by atoms with Gasteiger partial charge in [0.05, 0.1) is 27.9 Å². The molecule has 0 aliphatic carbocycles. The Morgan fingerprint density at radius 2 is 1.60 bits per heavy atom. The summed E-state index contributed by atoms with van der Waals surface area (Å²) >= 11 is 0. The second-order valence-electron chi connectivity index (χ2n) is 12.1. The molecule has 2 aliphatic heterocycles. The summed E-state index contributed by atoms with van der Waals surface area (Å²) in [6, 6.07) is 25.1. The molecule has 2 aliphatic rings. The van der Waals surface area contributed by atoms with Crippen molar-refractivity contribution in [3.8, 4) is 5.69 Å². The number of rotatable bonds is 6. The van der Waals surface area contributed by atoms with E-state index in [1.165, 1.54) is 6.26 Å². The van der Waals surface area contributed by atoms with Gasteiger partial charge in [-0.3, -0.25) is 18.5 Å². The molecule has 0 radical (unpaired) electrons. The van der Waals surface area contributed by atoms with Crippen LogP contribution in [-0.4, -0.2) is 82.3 Å². The molecule has 2 aromatic heterocycles. The summed E-state index contributed by atoms with van der Waals surface area (Å²) in [5.74, 6) is 0. The number of benzene rings is 3. The van der Waals surface area contributed by atoms with Gasteiger partial charge in [0.25, 0.3) is 5.56 Å². The summed E-state index contributed by atoms with van der Waals surface area (Å²) in [5, 5.41) is 0.780. The van der Waals surface area contributed by atoms with E-state index < -0.39 is 16.9 Å². The average molecular weight is 664 g/mol. The molecule has 5 aromatic rings. The SMILES string of the molecule is Cc1cccc2c1N(C(=O)OCc1ccccc1)CCN2c1cc2cnc(S(C)=O)nc2n(-c2ccc(N3CCN(C)CC3)cc2)c1=O. The lowest BCUT2D eigenvalue weighted by Gasteiger charge is -2.38. The smallest absolute Gasteiger partial charge is 0.414 e. The summed E-state index contributed by atoms with van der Waals surface area (Å²) < 4.78 is 19.7. The van der Waals surface area contributed by atoms with Gasteiger partial charge in [0.2, 0.25) is 5.16 Å². The van der Waals surface area contributed by atoms with Crippen molar-refractivity contribution in [2.45, 2.75) is 18.7 Å². The molecule has 4 heterocycles. The monoisotopic (exact) mass is 663 g/mol. The number of aromatic nitrogens is 3. The lowest BCUT2D eigenvalue weighted by Crippen LogP contribution is -2.44. The lowest BCUT2D eigenvalue weighted by atomic mass is 10.1. The van der Waals surface area contributed by atoms with Gasteiger partial charge in [-0.05, 0) is 61.5 Å². The summed E-state index contributed by atoms with van der Waals surface area (Å²) in [6.07, 6.45) is 2.69. The first kappa shape index (κ1) is 31.5. The van der Waals surface area contributed by atoms with Gasteiger partial charge in [-0.15, -0.1) is 0 Å². The normalized spacial score (nSPS) is 15.8. The fourth-order valence-electron chi connectivity index (χ4n) is 6.39. The maximum Gasteiger partial charge on any atom is 0.414 e. The molecule has 1 fully saturated rings. The van der Waals surface area contributed by atoms with E-state index in [2.05, 4.69) is 26.8 Å². The Labute approximate surface area is 281 Å². The van der Waals surface area contributed by atoms with Crippen LogP contribution in [-0.2, 0) is 22.1 Å². The molecular weight excluding hydrogens is 627 g/mol. The summed E-state index contributed by atoms with van der Waals surface area (Å²) in [5.41, 5.74) is 5.44. The highest BCUT2D eigenvalue weighted by Crippen LogP contribution is 2.40. The van der Waals surface area contributed by atoms with Gasteiger partial charge in [0.1, 0.15) is 12.3 Å². The molecule has 12 heteroatoms. The molecule has 0 spiro atoms. The standard InChI is InChI=1S/C36H37N7O4S/c1-25-8-7-11-30-32(25)42(36(45)47-24-26-9-5-4-6-10-26)21-20-41(30)31-22-27-23-37-35(48(3)46)38-33(27)43(34(31)44)29-14-12-28(13-15-29)40-18-16-39(2)17-19-40/h4-15,22-23H,16-21,24H2,1-3H3. The lowest BCUT2D eigenvalue weighted by molar-refractivity contribution is 0.147. The van der Waals surface area contributed by atoms with E-state index in [-0.39, 0.29) is 17.3 Å². The molecule has 7 rings (SSSR count). The molecule has 48 heavy (non-hydrogen) atoms. The van der Waals surface area contributed by atoms with E-state index in [4.69, 9.17) is 4.74 Å². The number of amides is 1. The fraction of sp³-hybridized carbons (Fsp3) is 0.278. The van der Waals surface area contributed by atoms with E-state index in [1.54, 1.807) is 21.7 Å². The Bertz CT molecular complexity index is 2060. The number of ether oxygens (including phenoxy) is 1. The molecule has 1 amide bonds. The van der Waals surface area contributed by atoms with Crippen molar-refractivity contribution < 1.29 is 13.7 Å². The highest BCUT2D eigenvalue weighted by Gasteiger charge is 2.32. The van der Waals surface area contributed by atoms with E-state index >= 15 is 0 Å². The number of hydrogen-bond donors (Lipinski definition) is 0. The van der Waals surface area contributed by atoms with Crippen molar-refractivity contribution in [1.82, 2.24) is 19.4 Å². The number of pyridine rings is 1. The zero-order valence-electron chi connectivity index (χ0n) is 27.2. The molecule has 0 bridgehead atoms. The average Bonchev–Trinajstić information content (AvgIpc) is 3.11. The van der Waals surface area contributed by atoms with Crippen LogP contribution in [0.4, 0.5) is 27.5 Å². The molecule has 246 valence electrons. The number of aryl methyl sites for hydroxylation is 1. The number of hydrogen-bond acceptors (Lipinski definition) is 9. The number of likely N-dealkylation sites (N-methyl/N-ethyl adjacent to an activating group) is 1. The third kappa shape index (κ3) is 6.04. The Morgan fingerprint density at radius 3 is 2.33 bits per heavy atom. The number of carbonyl (C=O) groups excluding carboxylic acids is 1. The van der Waals surface area contributed by atoms with Crippen LogP contribution in [0.5, 0.6) is 0 Å². The molecule has 0 N–H and O–H groups in total. The van der Waals surface area contributed by atoms with Crippen LogP contribution >= 0.6 is 0 Å². The number of para-hydroxylation sites is 1. The minimum Gasteiger partial charge on any atom is -0.444 e. The quantitative estimate of drug-likeness (QED) is 0.235. The van der Waals surface area contributed by atoms with Gasteiger partial charge in [0, 0.05) is 62.8 Å². The third-order valence-electron chi connectivity index (χ3n) is 8.97. The van der Waals surface area contributed by atoms with Crippen LogP contribution in [0.2, 0.25) is 0 Å². The molecule has 0 saturated carbocycles. The van der Waals surface area contributed by atoms with Crippen molar-refractivity contribution in [3.63, 3.8) is 0 Å². The largest absolute Gasteiger partial charge is 0.444 e. The molecule has 1 saturated heterocycles. The first-order valence-electron chi connectivity index (χ1n) is 15.9. The molecule has 3 aromatic carbocycles. The zero-order chi connectivity index (χ0) is 33.4. The van der Waals surface area contributed by atoms with Gasteiger partial charge in [-0.2, -0.15) is 0 Å². The van der Waals surface area contributed by atoms with Crippen LogP contribution in [0.15, 0.2) is 95.0 Å². The van der Waals surface area contributed by atoms with Crippen molar-refractivity contribution in [1.29, 1.82) is 0 Å². The summed E-state index contributed by atoms with van der Waals surface area (Å²) in [4.78, 5) is 45.2. The fourth-order valence-corrected chi connectivity index (χ4v) is 6.81. The first-order chi connectivity index (χ1) is 23.3. The minimum atomic E-state index is -1.44. The van der Waals surface area contributed by atoms with Crippen molar-refractivity contribution in [3.05, 3.63) is 107 Å². The van der Waals surface area contributed by atoms with Gasteiger partial charge < -0.3 is 19.4 Å². The number of fused-ring (bicyclic) bond motifs is 2. The number of piperazine rings is 1. The second kappa shape index (κ2) is 13.2. The van der Waals surface area contributed by atoms with E-state index in [9.17, 15) is 13.8 Å². The van der Waals surface area contributed by atoms with Crippen molar-refractivity contribution >= 4 is 50.7 Å². The van der Waals surface area contributed by atoms with E-state index in [0.29, 0.717) is 41.2 Å². The molecule has 1 atom stereocenters. The summed E-state index contributed by atoms with van der Waals surface area (Å²) in [6.45, 7) is 6.61. The molecule has 1 unspecified atom stereocenters. The number of nitrogens with zero attached hydrogens (tertiary/aromatic N) is 7. The Hall–Kier alpha value is -5.07. The van der Waals surface area contributed by atoms with Crippen LogP contribution in [0.1, 0.15) is 11.1 Å². The number of anilines is 4. The Balaban J connectivity index is 1.29. The van der Waals surface area contributed by atoms with Crippen LogP contribution in [0.3, 0.4) is 0 Å². The highest BCUT2D eigenvalue weighted by atomic mass is 32.2. The van der Waals surface area contributed by atoms with Crippen molar-refractivity contribution in [2.24, 2.45) is 0 Å². The maximum atomic E-state index is 14.6. The summed E-state index contributed by atoms with van der Waals surface area (Å²) in [7, 11) is 0.688. The first-order valence-corrected chi connectivity index (χ1v) is 17.5. The predicted molar refractivity (Wildman–Crippen MR) is 189 cm³/mol. The number of carbonyl (C=O) groups is 1. The topological polar surface area (TPSA) is 104 Å².